The van der Waals surface area contributed by atoms with Crippen LogP contribution in [0, 0.1) is 19.8 Å². The van der Waals surface area contributed by atoms with E-state index in [1.54, 1.807) is 29.2 Å². The molecule has 1 saturated heterocycles. The number of esters is 1. The van der Waals surface area contributed by atoms with Gasteiger partial charge in [-0.3, -0.25) is 19.2 Å². The number of nitrogens with one attached hydrogen (secondary N) is 2. The Labute approximate surface area is 186 Å². The minimum absolute atomic E-state index is 0.0468. The first-order chi connectivity index (χ1) is 15.2. The molecule has 0 saturated carbocycles. The molecule has 0 aliphatic carbocycles. The highest BCUT2D eigenvalue weighted by molar-refractivity contribution is 6.01. The lowest BCUT2D eigenvalue weighted by atomic mass is 10.1. The van der Waals surface area contributed by atoms with Gasteiger partial charge in [-0.15, -0.1) is 0 Å². The van der Waals surface area contributed by atoms with E-state index in [2.05, 4.69) is 10.6 Å². The highest BCUT2D eigenvalue weighted by Crippen LogP contribution is 2.30. The third-order valence-electron chi connectivity index (χ3n) is 5.46. The van der Waals surface area contributed by atoms with Gasteiger partial charge in [-0.2, -0.15) is 0 Å². The Hall–Kier alpha value is -3.68. The van der Waals surface area contributed by atoms with E-state index >= 15 is 0 Å². The minimum atomic E-state index is -1.03. The Morgan fingerprint density at radius 2 is 1.66 bits per heavy atom. The van der Waals surface area contributed by atoms with Crippen molar-refractivity contribution in [1.82, 2.24) is 0 Å². The summed E-state index contributed by atoms with van der Waals surface area (Å²) < 4.78 is 5.34. The zero-order valence-electron chi connectivity index (χ0n) is 18.6. The Kier molecular flexibility index (Phi) is 6.92. The number of hydrogen-bond acceptors (Lipinski definition) is 5. The largest absolute Gasteiger partial charge is 0.452 e. The van der Waals surface area contributed by atoms with Crippen molar-refractivity contribution in [3.63, 3.8) is 0 Å². The van der Waals surface area contributed by atoms with Crippen molar-refractivity contribution >= 4 is 40.8 Å². The van der Waals surface area contributed by atoms with Gasteiger partial charge in [0, 0.05) is 37.0 Å². The van der Waals surface area contributed by atoms with Crippen LogP contribution in [0.3, 0.4) is 0 Å². The number of carbonyl (C=O) groups is 4. The van der Waals surface area contributed by atoms with Gasteiger partial charge in [0.25, 0.3) is 5.91 Å². The number of benzene rings is 2. The summed E-state index contributed by atoms with van der Waals surface area (Å²) in [4.78, 5) is 50.2. The fourth-order valence-electron chi connectivity index (χ4n) is 3.53. The molecule has 2 aromatic carbocycles. The van der Waals surface area contributed by atoms with Gasteiger partial charge >= 0.3 is 5.97 Å². The van der Waals surface area contributed by atoms with Crippen molar-refractivity contribution in [2.45, 2.75) is 40.2 Å². The summed E-state index contributed by atoms with van der Waals surface area (Å²) in [6, 6.07) is 12.3. The summed E-state index contributed by atoms with van der Waals surface area (Å²) >= 11 is 0. The van der Waals surface area contributed by atoms with Crippen LogP contribution in [0.5, 0.6) is 0 Å². The molecule has 8 heteroatoms. The molecular weight excluding hydrogens is 410 g/mol. The van der Waals surface area contributed by atoms with Crippen molar-refractivity contribution in [3.05, 3.63) is 53.6 Å². The third kappa shape index (κ3) is 5.32. The molecule has 0 spiro atoms. The Bertz CT molecular complexity index is 1050. The number of nitrogens with zero attached hydrogens (tertiary/aromatic N) is 1. The van der Waals surface area contributed by atoms with E-state index in [0.717, 1.165) is 16.8 Å². The maximum absolute atomic E-state index is 12.6. The average molecular weight is 437 g/mol. The van der Waals surface area contributed by atoms with Gasteiger partial charge in [-0.25, -0.2) is 0 Å². The fraction of sp³-hybridized carbons (Fsp3) is 0.333. The molecule has 1 aliphatic heterocycles. The summed E-state index contributed by atoms with van der Waals surface area (Å²) in [6.45, 7) is 7.03. The fourth-order valence-corrected chi connectivity index (χ4v) is 3.53. The molecule has 8 nitrogen and oxygen atoms in total. The van der Waals surface area contributed by atoms with Crippen molar-refractivity contribution in [3.8, 4) is 0 Å². The molecule has 168 valence electrons. The van der Waals surface area contributed by atoms with E-state index in [9.17, 15) is 19.2 Å². The maximum Gasteiger partial charge on any atom is 0.312 e. The normalized spacial score (nSPS) is 16.4. The molecule has 1 heterocycles. The SMILES string of the molecule is CC(=O)Nc1ccc(NC(=O)C(C)OC(=O)C2CC(=O)N(c3cccc(C)c3C)C2)cc1. The standard InChI is InChI=1S/C24H27N3O5/c1-14-6-5-7-21(15(14)2)27-13-18(12-22(27)29)24(31)32-16(3)23(30)26-20-10-8-19(9-11-20)25-17(4)28/h5-11,16,18H,12-13H2,1-4H3,(H,25,28)(H,26,30). The molecule has 2 unspecified atom stereocenters. The lowest BCUT2D eigenvalue weighted by Gasteiger charge is -2.20. The van der Waals surface area contributed by atoms with Crippen LogP contribution in [0.1, 0.15) is 31.4 Å². The number of aryl methyl sites for hydroxylation is 1. The average Bonchev–Trinajstić information content (AvgIpc) is 3.12. The second-order valence-corrected chi connectivity index (χ2v) is 7.95. The van der Waals surface area contributed by atoms with Gasteiger partial charge in [-0.05, 0) is 62.2 Å². The van der Waals surface area contributed by atoms with Crippen molar-refractivity contribution < 1.29 is 23.9 Å². The molecule has 1 fully saturated rings. The molecule has 3 amide bonds. The number of anilines is 3. The van der Waals surface area contributed by atoms with Crippen LogP contribution in [-0.4, -0.2) is 36.3 Å². The third-order valence-corrected chi connectivity index (χ3v) is 5.46. The molecular formula is C24H27N3O5. The van der Waals surface area contributed by atoms with Crippen LogP contribution < -0.4 is 15.5 Å². The van der Waals surface area contributed by atoms with Crippen LogP contribution in [0.25, 0.3) is 0 Å². The molecule has 3 rings (SSSR count). The zero-order valence-corrected chi connectivity index (χ0v) is 18.6. The molecule has 2 aromatic rings. The number of amides is 3. The predicted octanol–water partition coefficient (Wildman–Crippen LogP) is 3.19. The zero-order chi connectivity index (χ0) is 23.4. The van der Waals surface area contributed by atoms with Crippen LogP contribution in [0.15, 0.2) is 42.5 Å². The molecule has 0 bridgehead atoms. The van der Waals surface area contributed by atoms with Crippen LogP contribution in [-0.2, 0) is 23.9 Å². The monoisotopic (exact) mass is 437 g/mol. The number of carbonyl (C=O) groups excluding carboxylic acids is 4. The molecule has 2 atom stereocenters. The van der Waals surface area contributed by atoms with Gasteiger partial charge in [0.15, 0.2) is 6.10 Å². The highest BCUT2D eigenvalue weighted by Gasteiger charge is 2.37. The van der Waals surface area contributed by atoms with E-state index in [4.69, 9.17) is 4.74 Å². The highest BCUT2D eigenvalue weighted by atomic mass is 16.5. The summed E-state index contributed by atoms with van der Waals surface area (Å²) in [5.41, 5.74) is 3.96. The summed E-state index contributed by atoms with van der Waals surface area (Å²) in [6.07, 6.45) is -0.979. The summed E-state index contributed by atoms with van der Waals surface area (Å²) in [5.74, 6) is -2.02. The molecule has 32 heavy (non-hydrogen) atoms. The van der Waals surface area contributed by atoms with Crippen LogP contribution in [0.2, 0.25) is 0 Å². The summed E-state index contributed by atoms with van der Waals surface area (Å²) in [5, 5.41) is 5.31. The predicted molar refractivity (Wildman–Crippen MR) is 121 cm³/mol. The Morgan fingerprint density at radius 3 is 2.28 bits per heavy atom. The second-order valence-electron chi connectivity index (χ2n) is 7.95. The summed E-state index contributed by atoms with van der Waals surface area (Å²) in [7, 11) is 0. The van der Waals surface area contributed by atoms with Gasteiger partial charge in [0.05, 0.1) is 5.92 Å². The number of hydrogen-bond donors (Lipinski definition) is 2. The smallest absolute Gasteiger partial charge is 0.312 e. The first-order valence-corrected chi connectivity index (χ1v) is 10.4. The van der Waals surface area contributed by atoms with Crippen molar-refractivity contribution in [1.29, 1.82) is 0 Å². The van der Waals surface area contributed by atoms with Crippen LogP contribution >= 0.6 is 0 Å². The molecule has 2 N–H and O–H groups in total. The molecule has 0 radical (unpaired) electrons. The van der Waals surface area contributed by atoms with E-state index in [0.29, 0.717) is 11.4 Å². The quantitative estimate of drug-likeness (QED) is 0.676. The lowest BCUT2D eigenvalue weighted by Crippen LogP contribution is -2.33. The van der Waals surface area contributed by atoms with Gasteiger partial charge in [-0.1, -0.05) is 12.1 Å². The first kappa shape index (κ1) is 23.0. The minimum Gasteiger partial charge on any atom is -0.452 e. The van der Waals surface area contributed by atoms with E-state index in [-0.39, 0.29) is 24.8 Å². The molecule has 1 aliphatic rings. The van der Waals surface area contributed by atoms with Crippen LogP contribution in [0.4, 0.5) is 17.1 Å². The maximum atomic E-state index is 12.6. The van der Waals surface area contributed by atoms with E-state index < -0.39 is 23.9 Å². The van der Waals surface area contributed by atoms with Gasteiger partial charge < -0.3 is 20.3 Å². The number of ether oxygens (including phenoxy) is 1. The van der Waals surface area contributed by atoms with Crippen molar-refractivity contribution in [2.24, 2.45) is 5.92 Å². The van der Waals surface area contributed by atoms with E-state index in [1.807, 2.05) is 32.0 Å². The Morgan fingerprint density at radius 1 is 1.03 bits per heavy atom. The van der Waals surface area contributed by atoms with Gasteiger partial charge in [0.1, 0.15) is 0 Å². The topological polar surface area (TPSA) is 105 Å². The van der Waals surface area contributed by atoms with E-state index in [1.165, 1.54) is 13.8 Å². The number of rotatable bonds is 6. The first-order valence-electron chi connectivity index (χ1n) is 10.4. The van der Waals surface area contributed by atoms with Gasteiger partial charge in [0.2, 0.25) is 11.8 Å². The van der Waals surface area contributed by atoms with Crippen molar-refractivity contribution in [2.75, 3.05) is 22.1 Å². The lowest BCUT2D eigenvalue weighted by molar-refractivity contribution is -0.157. The second kappa shape index (κ2) is 9.64. The Balaban J connectivity index is 1.57. The molecule has 0 aromatic heterocycles.